The van der Waals surface area contributed by atoms with Crippen molar-refractivity contribution < 1.29 is 17.9 Å². The number of methoxy groups -OCH3 is 2. The van der Waals surface area contributed by atoms with Crippen LogP contribution in [-0.2, 0) is 23.0 Å². The summed E-state index contributed by atoms with van der Waals surface area (Å²) in [5.74, 6) is 0.756. The van der Waals surface area contributed by atoms with Crippen molar-refractivity contribution in [3.05, 3.63) is 42.0 Å². The Morgan fingerprint density at radius 3 is 2.78 bits per heavy atom. The molecule has 2 heterocycles. The number of sulfonamides is 1. The molecule has 0 N–H and O–H groups in total. The van der Waals surface area contributed by atoms with E-state index in [9.17, 15) is 8.42 Å². The molecule has 1 aliphatic rings. The first-order valence-electron chi connectivity index (χ1n) is 7.06. The molecule has 122 valence electrons. The fraction of sp³-hybridized carbons (Fsp3) is 0.333. The third-order valence-corrected chi connectivity index (χ3v) is 5.68. The number of nitrogens with zero attached hydrogens (tertiary/aromatic N) is 3. The van der Waals surface area contributed by atoms with Gasteiger partial charge in [-0.3, -0.25) is 0 Å². The lowest BCUT2D eigenvalue weighted by Crippen LogP contribution is -2.36. The van der Waals surface area contributed by atoms with Crippen molar-refractivity contribution >= 4 is 10.0 Å². The van der Waals surface area contributed by atoms with Crippen molar-refractivity contribution in [2.75, 3.05) is 20.8 Å². The summed E-state index contributed by atoms with van der Waals surface area (Å²) in [6.45, 7) is 0.617. The molecule has 8 heteroatoms. The van der Waals surface area contributed by atoms with E-state index in [0.717, 1.165) is 11.3 Å². The Hall–Kier alpha value is -2.19. The fourth-order valence-electron chi connectivity index (χ4n) is 2.57. The van der Waals surface area contributed by atoms with Crippen LogP contribution in [-0.4, -0.2) is 43.5 Å². The van der Waals surface area contributed by atoms with Gasteiger partial charge < -0.3 is 9.47 Å². The highest BCUT2D eigenvalue weighted by Crippen LogP contribution is 2.32. The SMILES string of the molecule is COc1ccc(OC)c(S(=O)(=O)N2CCc3ncncc3C2)c1. The first-order valence-corrected chi connectivity index (χ1v) is 8.50. The molecule has 0 atom stereocenters. The Morgan fingerprint density at radius 2 is 2.04 bits per heavy atom. The Labute approximate surface area is 134 Å². The lowest BCUT2D eigenvalue weighted by molar-refractivity contribution is 0.371. The van der Waals surface area contributed by atoms with Crippen LogP contribution in [0, 0.1) is 0 Å². The van der Waals surface area contributed by atoms with Crippen molar-refractivity contribution in [2.24, 2.45) is 0 Å². The molecule has 3 rings (SSSR count). The van der Waals surface area contributed by atoms with Crippen LogP contribution in [0.3, 0.4) is 0 Å². The molecule has 7 nitrogen and oxygen atoms in total. The van der Waals surface area contributed by atoms with Crippen LogP contribution in [0.15, 0.2) is 35.6 Å². The Morgan fingerprint density at radius 1 is 1.22 bits per heavy atom. The van der Waals surface area contributed by atoms with Crippen LogP contribution in [0.4, 0.5) is 0 Å². The van der Waals surface area contributed by atoms with Crippen molar-refractivity contribution in [2.45, 2.75) is 17.9 Å². The molecule has 0 bridgehead atoms. The largest absolute Gasteiger partial charge is 0.497 e. The lowest BCUT2D eigenvalue weighted by atomic mass is 10.1. The zero-order valence-electron chi connectivity index (χ0n) is 12.9. The molecule has 1 aromatic heterocycles. The van der Waals surface area contributed by atoms with Gasteiger partial charge in [0.15, 0.2) is 0 Å². The molecule has 2 aromatic rings. The molecule has 0 aliphatic carbocycles. The third-order valence-electron chi connectivity index (χ3n) is 3.81. The first-order chi connectivity index (χ1) is 11.1. The standard InChI is InChI=1S/C15H17N3O4S/c1-21-12-3-4-14(22-2)15(7-12)23(19,20)18-6-5-13-11(9-18)8-16-10-17-13/h3-4,7-8,10H,5-6,9H2,1-2H3. The highest BCUT2D eigenvalue weighted by atomic mass is 32.2. The molecule has 23 heavy (non-hydrogen) atoms. The van der Waals surface area contributed by atoms with Crippen molar-refractivity contribution in [3.63, 3.8) is 0 Å². The summed E-state index contributed by atoms with van der Waals surface area (Å²) in [5, 5.41) is 0. The van der Waals surface area contributed by atoms with Crippen molar-refractivity contribution in [3.8, 4) is 11.5 Å². The Kier molecular flexibility index (Phi) is 4.18. The fourth-order valence-corrected chi connectivity index (χ4v) is 4.16. The summed E-state index contributed by atoms with van der Waals surface area (Å²) in [4.78, 5) is 8.26. The van der Waals surface area contributed by atoms with Gasteiger partial charge in [-0.1, -0.05) is 0 Å². The number of hydrogen-bond acceptors (Lipinski definition) is 6. The van der Waals surface area contributed by atoms with Crippen LogP contribution in [0.5, 0.6) is 11.5 Å². The minimum Gasteiger partial charge on any atom is -0.497 e. The first kappa shape index (κ1) is 15.7. The molecule has 0 saturated carbocycles. The average molecular weight is 335 g/mol. The predicted octanol–water partition coefficient (Wildman–Crippen LogP) is 1.24. The van der Waals surface area contributed by atoms with Crippen LogP contribution >= 0.6 is 0 Å². The van der Waals surface area contributed by atoms with E-state index in [1.807, 2.05) is 0 Å². The molecule has 0 amide bonds. The molecule has 1 aliphatic heterocycles. The van der Waals surface area contributed by atoms with Gasteiger partial charge in [-0.15, -0.1) is 0 Å². The van der Waals surface area contributed by atoms with Gasteiger partial charge in [-0.25, -0.2) is 18.4 Å². The third kappa shape index (κ3) is 2.87. The summed E-state index contributed by atoms with van der Waals surface area (Å²) in [6.07, 6.45) is 3.70. The summed E-state index contributed by atoms with van der Waals surface area (Å²) >= 11 is 0. The van der Waals surface area contributed by atoms with E-state index in [1.54, 1.807) is 18.3 Å². The second-order valence-electron chi connectivity index (χ2n) is 5.10. The molecule has 0 unspecified atom stereocenters. The minimum absolute atomic E-state index is 0.0969. The smallest absolute Gasteiger partial charge is 0.247 e. The Bertz CT molecular complexity index is 823. The van der Waals surface area contributed by atoms with Gasteiger partial charge in [0.25, 0.3) is 0 Å². The van der Waals surface area contributed by atoms with E-state index in [-0.39, 0.29) is 11.4 Å². The van der Waals surface area contributed by atoms with E-state index in [1.165, 1.54) is 30.9 Å². The van der Waals surface area contributed by atoms with E-state index in [0.29, 0.717) is 24.5 Å². The molecular formula is C15H17N3O4S. The Balaban J connectivity index is 2.00. The lowest BCUT2D eigenvalue weighted by Gasteiger charge is -2.27. The molecule has 1 aromatic carbocycles. The van der Waals surface area contributed by atoms with Crippen LogP contribution in [0.1, 0.15) is 11.3 Å². The van der Waals surface area contributed by atoms with Crippen LogP contribution in [0.2, 0.25) is 0 Å². The van der Waals surface area contributed by atoms with Gasteiger partial charge in [0, 0.05) is 43.0 Å². The highest BCUT2D eigenvalue weighted by molar-refractivity contribution is 7.89. The maximum atomic E-state index is 13.0. The van der Waals surface area contributed by atoms with E-state index >= 15 is 0 Å². The minimum atomic E-state index is -3.71. The number of benzene rings is 1. The molecule has 0 radical (unpaired) electrons. The van der Waals surface area contributed by atoms with Crippen molar-refractivity contribution in [1.82, 2.24) is 14.3 Å². The van der Waals surface area contributed by atoms with Gasteiger partial charge in [0.1, 0.15) is 22.7 Å². The van der Waals surface area contributed by atoms with Gasteiger partial charge >= 0.3 is 0 Å². The quantitative estimate of drug-likeness (QED) is 0.836. The van der Waals surface area contributed by atoms with Crippen LogP contribution < -0.4 is 9.47 Å². The average Bonchev–Trinajstić information content (AvgIpc) is 2.60. The van der Waals surface area contributed by atoms with Gasteiger partial charge in [0.05, 0.1) is 14.2 Å². The van der Waals surface area contributed by atoms with Crippen molar-refractivity contribution in [1.29, 1.82) is 0 Å². The second kappa shape index (κ2) is 6.13. The number of hydrogen-bond donors (Lipinski definition) is 0. The number of rotatable bonds is 4. The monoisotopic (exact) mass is 335 g/mol. The number of fused-ring (bicyclic) bond motifs is 1. The predicted molar refractivity (Wildman–Crippen MR) is 82.9 cm³/mol. The number of aromatic nitrogens is 2. The topological polar surface area (TPSA) is 81.6 Å². The van der Waals surface area contributed by atoms with Gasteiger partial charge in [0.2, 0.25) is 10.0 Å². The zero-order valence-corrected chi connectivity index (χ0v) is 13.7. The van der Waals surface area contributed by atoms with E-state index in [2.05, 4.69) is 9.97 Å². The molecule has 0 saturated heterocycles. The highest BCUT2D eigenvalue weighted by Gasteiger charge is 2.31. The maximum absolute atomic E-state index is 13.0. The van der Waals surface area contributed by atoms with Gasteiger partial charge in [-0.05, 0) is 12.1 Å². The maximum Gasteiger partial charge on any atom is 0.247 e. The zero-order chi connectivity index (χ0) is 16.4. The second-order valence-corrected chi connectivity index (χ2v) is 7.01. The molecular weight excluding hydrogens is 318 g/mol. The normalized spacial score (nSPS) is 15.0. The summed E-state index contributed by atoms with van der Waals surface area (Å²) < 4.78 is 37.7. The van der Waals surface area contributed by atoms with E-state index < -0.39 is 10.0 Å². The van der Waals surface area contributed by atoms with Crippen LogP contribution in [0.25, 0.3) is 0 Å². The molecule has 0 spiro atoms. The van der Waals surface area contributed by atoms with Gasteiger partial charge in [-0.2, -0.15) is 4.31 Å². The van der Waals surface area contributed by atoms with E-state index in [4.69, 9.17) is 9.47 Å². The number of ether oxygens (including phenoxy) is 2. The summed E-state index contributed by atoms with van der Waals surface area (Å²) in [6, 6.07) is 4.73. The molecule has 0 fully saturated rings. The summed E-state index contributed by atoms with van der Waals surface area (Å²) in [5.41, 5.74) is 1.72. The summed E-state index contributed by atoms with van der Waals surface area (Å²) in [7, 11) is -0.770.